The van der Waals surface area contributed by atoms with Gasteiger partial charge in [-0.15, -0.1) is 12.4 Å². The summed E-state index contributed by atoms with van der Waals surface area (Å²) in [6, 6.07) is 4.74. The second-order valence-electron chi connectivity index (χ2n) is 3.68. The van der Waals surface area contributed by atoms with Crippen LogP contribution in [0.25, 0.3) is 0 Å². The van der Waals surface area contributed by atoms with Gasteiger partial charge in [0.1, 0.15) is 5.82 Å². The molecule has 0 radical (unpaired) electrons. The topological polar surface area (TPSA) is 46.3 Å². The van der Waals surface area contributed by atoms with Gasteiger partial charge in [0, 0.05) is 13.1 Å². The van der Waals surface area contributed by atoms with E-state index in [9.17, 15) is 9.18 Å². The number of fused-ring (bicyclic) bond motifs is 1. The summed E-state index contributed by atoms with van der Waals surface area (Å²) in [5, 5.41) is 0. The molecule has 0 saturated carbocycles. The molecule has 1 heterocycles. The normalized spacial score (nSPS) is 14.0. The third kappa shape index (κ3) is 2.51. The molecule has 88 valence electrons. The Bertz CT molecular complexity index is 398. The smallest absolute Gasteiger partial charge is 0.236 e. The molecule has 0 saturated heterocycles. The Morgan fingerprint density at radius 2 is 2.19 bits per heavy atom. The number of benzene rings is 1. The minimum absolute atomic E-state index is 0. The summed E-state index contributed by atoms with van der Waals surface area (Å²) in [4.78, 5) is 13.0. The third-order valence-electron chi connectivity index (χ3n) is 2.71. The highest BCUT2D eigenvalue weighted by Gasteiger charge is 2.19. The van der Waals surface area contributed by atoms with Crippen molar-refractivity contribution in [3.05, 3.63) is 35.1 Å². The van der Waals surface area contributed by atoms with Crippen LogP contribution in [0.5, 0.6) is 0 Å². The van der Waals surface area contributed by atoms with E-state index in [0.29, 0.717) is 13.1 Å². The molecule has 1 aliphatic rings. The fourth-order valence-electron chi connectivity index (χ4n) is 1.87. The molecule has 1 aromatic carbocycles. The molecule has 1 amide bonds. The number of hydrogen-bond acceptors (Lipinski definition) is 2. The Kier molecular flexibility index (Phi) is 4.26. The molecule has 5 heteroatoms. The number of halogens is 2. The van der Waals surface area contributed by atoms with Gasteiger partial charge in [0.05, 0.1) is 6.54 Å². The van der Waals surface area contributed by atoms with Crippen LogP contribution in [0.4, 0.5) is 4.39 Å². The van der Waals surface area contributed by atoms with Crippen LogP contribution >= 0.6 is 12.4 Å². The van der Waals surface area contributed by atoms with Crippen molar-refractivity contribution in [3.63, 3.8) is 0 Å². The Labute approximate surface area is 99.8 Å². The highest BCUT2D eigenvalue weighted by molar-refractivity contribution is 5.85. The predicted octanol–water partition coefficient (Wildman–Crippen LogP) is 1.09. The van der Waals surface area contributed by atoms with Crippen molar-refractivity contribution in [1.29, 1.82) is 0 Å². The first-order chi connectivity index (χ1) is 7.20. The minimum Gasteiger partial charge on any atom is -0.337 e. The van der Waals surface area contributed by atoms with Gasteiger partial charge in [0.2, 0.25) is 5.91 Å². The molecule has 16 heavy (non-hydrogen) atoms. The zero-order valence-corrected chi connectivity index (χ0v) is 9.60. The zero-order valence-electron chi connectivity index (χ0n) is 8.78. The van der Waals surface area contributed by atoms with Crippen molar-refractivity contribution in [2.75, 3.05) is 13.1 Å². The fraction of sp³-hybridized carbons (Fsp3) is 0.364. The van der Waals surface area contributed by atoms with Crippen LogP contribution in [0.2, 0.25) is 0 Å². The largest absolute Gasteiger partial charge is 0.337 e. The van der Waals surface area contributed by atoms with Gasteiger partial charge in [-0.3, -0.25) is 4.79 Å². The molecule has 1 aliphatic heterocycles. The van der Waals surface area contributed by atoms with Crippen LogP contribution < -0.4 is 5.73 Å². The van der Waals surface area contributed by atoms with Crippen molar-refractivity contribution in [2.24, 2.45) is 5.73 Å². The molecule has 0 spiro atoms. The Hall–Kier alpha value is -1.13. The number of amides is 1. The van der Waals surface area contributed by atoms with Crippen LogP contribution in [-0.2, 0) is 17.8 Å². The van der Waals surface area contributed by atoms with E-state index in [1.807, 2.05) is 0 Å². The Morgan fingerprint density at radius 1 is 1.44 bits per heavy atom. The van der Waals surface area contributed by atoms with Crippen LogP contribution in [-0.4, -0.2) is 23.9 Å². The summed E-state index contributed by atoms with van der Waals surface area (Å²) in [5.41, 5.74) is 7.30. The Balaban J connectivity index is 0.00000128. The van der Waals surface area contributed by atoms with Gasteiger partial charge in [-0.1, -0.05) is 6.07 Å². The number of hydrogen-bond donors (Lipinski definition) is 1. The van der Waals surface area contributed by atoms with Gasteiger partial charge in [0.15, 0.2) is 0 Å². The summed E-state index contributed by atoms with van der Waals surface area (Å²) < 4.78 is 13.0. The maximum absolute atomic E-state index is 13.0. The van der Waals surface area contributed by atoms with Crippen molar-refractivity contribution in [2.45, 2.75) is 13.0 Å². The molecular formula is C11H14ClFN2O. The second-order valence-corrected chi connectivity index (χ2v) is 3.68. The van der Waals surface area contributed by atoms with Crippen molar-refractivity contribution in [1.82, 2.24) is 4.90 Å². The second kappa shape index (κ2) is 5.27. The van der Waals surface area contributed by atoms with E-state index in [1.54, 1.807) is 11.0 Å². The average Bonchev–Trinajstić information content (AvgIpc) is 2.27. The van der Waals surface area contributed by atoms with Crippen molar-refractivity contribution in [3.8, 4) is 0 Å². The highest BCUT2D eigenvalue weighted by Crippen LogP contribution is 2.19. The minimum atomic E-state index is -0.254. The SMILES string of the molecule is Cl.NCC(=O)N1CCc2ccc(F)cc2C1. The van der Waals surface area contributed by atoms with Gasteiger partial charge in [-0.05, 0) is 29.7 Å². The number of nitrogens with zero attached hydrogens (tertiary/aromatic N) is 1. The maximum Gasteiger partial charge on any atom is 0.236 e. The van der Waals surface area contributed by atoms with Crippen LogP contribution in [0.15, 0.2) is 18.2 Å². The molecule has 2 N–H and O–H groups in total. The summed E-state index contributed by atoms with van der Waals surface area (Å²) in [6.45, 7) is 1.17. The molecule has 0 aliphatic carbocycles. The van der Waals surface area contributed by atoms with E-state index >= 15 is 0 Å². The predicted molar refractivity (Wildman–Crippen MR) is 61.8 cm³/mol. The summed E-state index contributed by atoms with van der Waals surface area (Å²) in [7, 11) is 0. The lowest BCUT2D eigenvalue weighted by molar-refractivity contribution is -0.130. The number of nitrogens with two attached hydrogens (primary N) is 1. The first kappa shape index (κ1) is 12.9. The summed E-state index contributed by atoms with van der Waals surface area (Å²) >= 11 is 0. The van der Waals surface area contributed by atoms with Gasteiger partial charge in [-0.2, -0.15) is 0 Å². The average molecular weight is 245 g/mol. The zero-order chi connectivity index (χ0) is 10.8. The monoisotopic (exact) mass is 244 g/mol. The van der Waals surface area contributed by atoms with E-state index in [2.05, 4.69) is 0 Å². The van der Waals surface area contributed by atoms with E-state index in [0.717, 1.165) is 17.5 Å². The van der Waals surface area contributed by atoms with Crippen LogP contribution in [0.3, 0.4) is 0 Å². The fourth-order valence-corrected chi connectivity index (χ4v) is 1.87. The Morgan fingerprint density at radius 3 is 2.88 bits per heavy atom. The van der Waals surface area contributed by atoms with Gasteiger partial charge < -0.3 is 10.6 Å². The molecule has 2 rings (SSSR count). The quantitative estimate of drug-likeness (QED) is 0.804. The lowest BCUT2D eigenvalue weighted by atomic mass is 10.00. The number of rotatable bonds is 1. The summed E-state index contributed by atoms with van der Waals surface area (Å²) in [5.74, 6) is -0.333. The lowest BCUT2D eigenvalue weighted by Gasteiger charge is -2.28. The lowest BCUT2D eigenvalue weighted by Crippen LogP contribution is -2.39. The third-order valence-corrected chi connectivity index (χ3v) is 2.71. The van der Waals surface area contributed by atoms with E-state index in [4.69, 9.17) is 5.73 Å². The maximum atomic E-state index is 13.0. The van der Waals surface area contributed by atoms with Gasteiger partial charge >= 0.3 is 0 Å². The molecule has 3 nitrogen and oxygen atoms in total. The highest BCUT2D eigenvalue weighted by atomic mass is 35.5. The molecular weight excluding hydrogens is 231 g/mol. The van der Waals surface area contributed by atoms with Crippen molar-refractivity contribution < 1.29 is 9.18 Å². The first-order valence-electron chi connectivity index (χ1n) is 4.96. The number of carbonyl (C=O) groups is 1. The van der Waals surface area contributed by atoms with Crippen LogP contribution in [0, 0.1) is 5.82 Å². The van der Waals surface area contributed by atoms with Gasteiger partial charge in [-0.25, -0.2) is 4.39 Å². The molecule has 0 bridgehead atoms. The molecule has 0 aromatic heterocycles. The molecule has 0 fully saturated rings. The van der Waals surface area contributed by atoms with Crippen LogP contribution in [0.1, 0.15) is 11.1 Å². The first-order valence-corrected chi connectivity index (χ1v) is 4.96. The molecule has 0 atom stereocenters. The van der Waals surface area contributed by atoms with E-state index in [-0.39, 0.29) is 30.7 Å². The van der Waals surface area contributed by atoms with Crippen molar-refractivity contribution >= 4 is 18.3 Å². The summed E-state index contributed by atoms with van der Waals surface area (Å²) in [6.07, 6.45) is 0.779. The van der Waals surface area contributed by atoms with Gasteiger partial charge in [0.25, 0.3) is 0 Å². The molecule has 0 unspecified atom stereocenters. The number of carbonyl (C=O) groups excluding carboxylic acids is 1. The standard InChI is InChI=1S/C11H13FN2O.ClH/c12-10-2-1-8-3-4-14(11(15)6-13)7-9(8)5-10;/h1-2,5H,3-4,6-7,13H2;1H. The molecule has 1 aromatic rings. The van der Waals surface area contributed by atoms with E-state index in [1.165, 1.54) is 12.1 Å². The van der Waals surface area contributed by atoms with E-state index < -0.39 is 0 Å².